The van der Waals surface area contributed by atoms with Gasteiger partial charge in [0.15, 0.2) is 11.5 Å². The lowest BCUT2D eigenvalue weighted by Crippen LogP contribution is -2.30. The second-order valence-electron chi connectivity index (χ2n) is 11.4. The number of nitrogens with one attached hydrogen (secondary N) is 3. The van der Waals surface area contributed by atoms with Crippen LogP contribution >= 0.6 is 0 Å². The van der Waals surface area contributed by atoms with E-state index < -0.39 is 5.91 Å². The number of carbonyl (C=O) groups excluding carboxylic acids is 3. The Morgan fingerprint density at radius 1 is 1.07 bits per heavy atom. The molecule has 13 heteroatoms. The highest BCUT2D eigenvalue weighted by Crippen LogP contribution is 2.48. The molecule has 4 aromatic rings. The molecular formula is C33H32N10O3. The molecule has 3 aromatic heterocycles. The summed E-state index contributed by atoms with van der Waals surface area (Å²) in [4.78, 5) is 51.0. The van der Waals surface area contributed by atoms with Crippen molar-refractivity contribution in [3.8, 4) is 17.2 Å². The average molecular weight is 617 g/mol. The molecule has 1 saturated carbocycles. The van der Waals surface area contributed by atoms with Crippen molar-refractivity contribution >= 4 is 40.6 Å². The van der Waals surface area contributed by atoms with Gasteiger partial charge in [0, 0.05) is 56.6 Å². The van der Waals surface area contributed by atoms with E-state index in [1.165, 1.54) is 11.9 Å². The maximum atomic E-state index is 13.4. The smallest absolute Gasteiger partial charge is 0.273 e. The first-order valence-electron chi connectivity index (χ1n) is 14.8. The fourth-order valence-corrected chi connectivity index (χ4v) is 5.50. The molecule has 0 saturated heterocycles. The quantitative estimate of drug-likeness (QED) is 0.263. The number of nitrogens with zero attached hydrogens (tertiary/aromatic N) is 7. The van der Waals surface area contributed by atoms with Gasteiger partial charge in [0.2, 0.25) is 5.91 Å². The molecule has 0 spiro atoms. The molecule has 1 aliphatic carbocycles. The number of fused-ring (bicyclic) bond motifs is 3. The third kappa shape index (κ3) is 5.80. The van der Waals surface area contributed by atoms with Gasteiger partial charge in [-0.15, -0.1) is 10.2 Å². The summed E-state index contributed by atoms with van der Waals surface area (Å²) >= 11 is 0. The Morgan fingerprint density at radius 3 is 2.61 bits per heavy atom. The number of benzene rings is 1. The Hall–Kier alpha value is -5.90. The van der Waals surface area contributed by atoms with Crippen molar-refractivity contribution in [1.82, 2.24) is 30.4 Å². The van der Waals surface area contributed by atoms with Crippen LogP contribution in [0.2, 0.25) is 0 Å². The highest BCUT2D eigenvalue weighted by Gasteiger charge is 2.32. The van der Waals surface area contributed by atoms with Crippen LogP contribution in [0.1, 0.15) is 63.6 Å². The zero-order valence-corrected chi connectivity index (χ0v) is 25.8. The van der Waals surface area contributed by atoms with Gasteiger partial charge in [-0.05, 0) is 49.6 Å². The fourth-order valence-electron chi connectivity index (χ4n) is 5.50. The minimum atomic E-state index is -0.424. The van der Waals surface area contributed by atoms with Gasteiger partial charge < -0.3 is 25.8 Å². The molecule has 1 fully saturated rings. The van der Waals surface area contributed by atoms with E-state index in [2.05, 4.69) is 47.1 Å². The second kappa shape index (κ2) is 12.2. The van der Waals surface area contributed by atoms with Gasteiger partial charge in [-0.1, -0.05) is 12.1 Å². The number of rotatable bonds is 8. The summed E-state index contributed by atoms with van der Waals surface area (Å²) in [7, 11) is 5.16. The molecular weight excluding hydrogens is 584 g/mol. The first-order chi connectivity index (χ1) is 22.2. The van der Waals surface area contributed by atoms with Crippen LogP contribution in [0.3, 0.4) is 0 Å². The van der Waals surface area contributed by atoms with E-state index in [4.69, 9.17) is 0 Å². The Morgan fingerprint density at radius 2 is 1.87 bits per heavy atom. The number of anilines is 4. The Bertz CT molecular complexity index is 1920. The topological polar surface area (TPSA) is 169 Å². The van der Waals surface area contributed by atoms with Crippen molar-refractivity contribution < 1.29 is 14.4 Å². The third-order valence-corrected chi connectivity index (χ3v) is 8.26. The minimum absolute atomic E-state index is 0.0171. The number of amides is 3. The standard InChI is InChI=1S/C33H32N10O3/c1-18-23-13-27(33(46)42(3)17-21-12-19(15-34)10-11-36-21)37-16-24(23)22-6-5-7-25(30(22)43(18)4)38-26-14-28(39-31(44)20-8-9-20)40-41-29(26)32(45)35-2/h5-7,10-14,16,18,20H,8-9,17H2,1-4H3,(H,35,45)(H2,38,39,40,44). The molecule has 232 valence electrons. The largest absolute Gasteiger partial charge is 0.366 e. The number of carbonyl (C=O) groups is 3. The molecule has 0 bridgehead atoms. The molecule has 13 nitrogen and oxygen atoms in total. The minimum Gasteiger partial charge on any atom is -0.366 e. The van der Waals surface area contributed by atoms with E-state index >= 15 is 0 Å². The van der Waals surface area contributed by atoms with Gasteiger partial charge in [0.1, 0.15) is 5.69 Å². The molecule has 46 heavy (non-hydrogen) atoms. The van der Waals surface area contributed by atoms with E-state index in [-0.39, 0.29) is 41.8 Å². The predicted octanol–water partition coefficient (Wildman–Crippen LogP) is 4.04. The van der Waals surface area contributed by atoms with Gasteiger partial charge >= 0.3 is 0 Å². The summed E-state index contributed by atoms with van der Waals surface area (Å²) in [6, 6.07) is 14.4. The molecule has 1 unspecified atom stereocenters. The van der Waals surface area contributed by atoms with E-state index in [0.29, 0.717) is 28.3 Å². The first kappa shape index (κ1) is 30.1. The van der Waals surface area contributed by atoms with Gasteiger partial charge in [-0.25, -0.2) is 0 Å². The summed E-state index contributed by atoms with van der Waals surface area (Å²) < 4.78 is 0. The van der Waals surface area contributed by atoms with Crippen LogP contribution < -0.4 is 20.9 Å². The summed E-state index contributed by atoms with van der Waals surface area (Å²) in [6.45, 7) is 2.28. The normalized spacial score (nSPS) is 14.8. The summed E-state index contributed by atoms with van der Waals surface area (Å²) in [5.41, 5.74) is 6.14. The number of para-hydroxylation sites is 1. The van der Waals surface area contributed by atoms with Crippen LogP contribution in [0.4, 0.5) is 22.9 Å². The highest BCUT2D eigenvalue weighted by molar-refractivity contribution is 6.01. The molecule has 1 aliphatic heterocycles. The molecule has 1 atom stereocenters. The molecule has 3 amide bonds. The number of hydrogen-bond donors (Lipinski definition) is 3. The van der Waals surface area contributed by atoms with Gasteiger partial charge in [0.25, 0.3) is 11.8 Å². The Labute approximate surface area is 265 Å². The summed E-state index contributed by atoms with van der Waals surface area (Å²) in [5, 5.41) is 26.1. The van der Waals surface area contributed by atoms with E-state index in [9.17, 15) is 19.6 Å². The fraction of sp³-hybridized carbons (Fsp3) is 0.273. The zero-order valence-electron chi connectivity index (χ0n) is 25.8. The van der Waals surface area contributed by atoms with Gasteiger partial charge in [-0.3, -0.25) is 24.4 Å². The number of pyridine rings is 2. The highest BCUT2D eigenvalue weighted by atomic mass is 16.2. The van der Waals surface area contributed by atoms with Crippen LogP contribution in [-0.4, -0.2) is 63.9 Å². The maximum absolute atomic E-state index is 13.4. The van der Waals surface area contributed by atoms with Crippen LogP contribution in [-0.2, 0) is 11.3 Å². The lowest BCUT2D eigenvalue weighted by molar-refractivity contribution is -0.117. The van der Waals surface area contributed by atoms with Crippen molar-refractivity contribution in [2.45, 2.75) is 32.4 Å². The molecule has 1 aromatic carbocycles. The van der Waals surface area contributed by atoms with Crippen LogP contribution in [0.25, 0.3) is 11.1 Å². The SMILES string of the molecule is CNC(=O)c1nnc(NC(=O)C2CC2)cc1Nc1cccc2c1N(C)C(C)c1cc(C(=O)N(C)Cc3cc(C#N)ccn3)ncc1-2. The van der Waals surface area contributed by atoms with E-state index in [0.717, 1.165) is 35.2 Å². The van der Waals surface area contributed by atoms with Gasteiger partial charge in [-0.2, -0.15) is 5.26 Å². The second-order valence-corrected chi connectivity index (χ2v) is 11.4. The Balaban J connectivity index is 1.31. The van der Waals surface area contributed by atoms with E-state index in [1.54, 1.807) is 37.6 Å². The molecule has 2 aliphatic rings. The van der Waals surface area contributed by atoms with Crippen molar-refractivity contribution in [3.63, 3.8) is 0 Å². The number of aromatic nitrogens is 4. The van der Waals surface area contributed by atoms with Crippen LogP contribution in [0.15, 0.2) is 54.9 Å². The Kier molecular flexibility index (Phi) is 8.02. The molecule has 6 rings (SSSR count). The average Bonchev–Trinajstić information content (AvgIpc) is 3.92. The lowest BCUT2D eigenvalue weighted by Gasteiger charge is -2.37. The first-order valence-corrected chi connectivity index (χ1v) is 14.8. The lowest BCUT2D eigenvalue weighted by atomic mass is 9.89. The number of hydrogen-bond acceptors (Lipinski definition) is 10. The maximum Gasteiger partial charge on any atom is 0.273 e. The molecule has 3 N–H and O–H groups in total. The van der Waals surface area contributed by atoms with Crippen LogP contribution in [0, 0.1) is 17.2 Å². The van der Waals surface area contributed by atoms with Crippen molar-refractivity contribution in [3.05, 3.63) is 83.1 Å². The molecule has 0 radical (unpaired) electrons. The van der Waals surface area contributed by atoms with Crippen molar-refractivity contribution in [1.29, 1.82) is 5.26 Å². The number of nitriles is 1. The predicted molar refractivity (Wildman–Crippen MR) is 171 cm³/mol. The zero-order chi connectivity index (χ0) is 32.5. The monoisotopic (exact) mass is 616 g/mol. The van der Waals surface area contributed by atoms with Gasteiger partial charge in [0.05, 0.1) is 47.0 Å². The van der Waals surface area contributed by atoms with E-state index in [1.807, 2.05) is 38.2 Å². The van der Waals surface area contributed by atoms with Crippen LogP contribution in [0.5, 0.6) is 0 Å². The summed E-state index contributed by atoms with van der Waals surface area (Å²) in [6.07, 6.45) is 4.96. The van der Waals surface area contributed by atoms with Crippen molar-refractivity contribution in [2.24, 2.45) is 5.92 Å². The van der Waals surface area contributed by atoms with Crippen molar-refractivity contribution in [2.75, 3.05) is 36.7 Å². The third-order valence-electron chi connectivity index (χ3n) is 8.26. The summed E-state index contributed by atoms with van der Waals surface area (Å²) in [5.74, 6) is -0.566. The molecule has 4 heterocycles.